The lowest BCUT2D eigenvalue weighted by Gasteiger charge is -2.38. The fourth-order valence-electron chi connectivity index (χ4n) is 6.24. The monoisotopic (exact) mass is 564 g/mol. The van der Waals surface area contributed by atoms with E-state index < -0.39 is 0 Å². The van der Waals surface area contributed by atoms with Crippen LogP contribution in [0.15, 0.2) is 42.5 Å². The van der Waals surface area contributed by atoms with Gasteiger partial charge in [0.2, 0.25) is 11.8 Å². The first-order chi connectivity index (χ1) is 19.2. The third kappa shape index (κ3) is 6.02. The first kappa shape index (κ1) is 28.5. The zero-order valence-corrected chi connectivity index (χ0v) is 25.0. The van der Waals surface area contributed by atoms with Gasteiger partial charge in [-0.15, -0.1) is 11.8 Å². The molecule has 3 aliphatic heterocycles. The Hall–Kier alpha value is -3.00. The van der Waals surface area contributed by atoms with Gasteiger partial charge in [0.15, 0.2) is 0 Å². The van der Waals surface area contributed by atoms with Crippen LogP contribution in [0.2, 0.25) is 0 Å². The van der Waals surface area contributed by atoms with Gasteiger partial charge in [0.1, 0.15) is 5.37 Å². The highest BCUT2D eigenvalue weighted by Gasteiger charge is 2.43. The van der Waals surface area contributed by atoms with Crippen LogP contribution in [0.1, 0.15) is 68.6 Å². The molecule has 2 fully saturated rings. The Morgan fingerprint density at radius 3 is 2.42 bits per heavy atom. The van der Waals surface area contributed by atoms with E-state index in [1.165, 1.54) is 16.7 Å². The van der Waals surface area contributed by atoms with Crippen LogP contribution in [0.25, 0.3) is 0 Å². The highest BCUT2D eigenvalue weighted by atomic mass is 32.2. The maximum atomic E-state index is 13.6. The van der Waals surface area contributed by atoms with E-state index in [0.717, 1.165) is 36.9 Å². The summed E-state index contributed by atoms with van der Waals surface area (Å²) in [5, 5.41) is 2.65. The third-order valence-electron chi connectivity index (χ3n) is 8.63. The fourth-order valence-corrected chi connectivity index (χ4v) is 7.91. The van der Waals surface area contributed by atoms with Gasteiger partial charge in [-0.1, -0.05) is 50.2 Å². The van der Waals surface area contributed by atoms with E-state index >= 15 is 0 Å². The summed E-state index contributed by atoms with van der Waals surface area (Å²) in [7, 11) is 0. The van der Waals surface area contributed by atoms with Gasteiger partial charge in [-0.3, -0.25) is 9.59 Å². The summed E-state index contributed by atoms with van der Waals surface area (Å²) < 4.78 is 0. The maximum absolute atomic E-state index is 13.6. The molecule has 216 valence electrons. The van der Waals surface area contributed by atoms with Gasteiger partial charge in [-0.2, -0.15) is 0 Å². The van der Waals surface area contributed by atoms with E-state index in [0.29, 0.717) is 32.1 Å². The molecule has 0 aromatic heterocycles. The summed E-state index contributed by atoms with van der Waals surface area (Å²) in [4.78, 5) is 45.9. The molecule has 0 radical (unpaired) electrons. The average molecular weight is 565 g/mol. The molecule has 2 unspecified atom stereocenters. The van der Waals surface area contributed by atoms with Gasteiger partial charge in [0, 0.05) is 45.8 Å². The van der Waals surface area contributed by atoms with Crippen molar-refractivity contribution in [3.63, 3.8) is 0 Å². The number of benzene rings is 2. The van der Waals surface area contributed by atoms with Gasteiger partial charge in [0.05, 0.1) is 5.25 Å². The SMILES string of the molecule is Cc1cccc(C)c1C1SC(CC(=O)N2CCC(N3CCc4ccccc4NC3=O)CC2)C(=O)N1CCC(C)C.[HH]. The van der Waals surface area contributed by atoms with E-state index in [9.17, 15) is 14.4 Å². The normalized spacial score (nSPS) is 22.0. The fraction of sp³-hybridized carbons (Fsp3) is 0.531. The second-order valence-electron chi connectivity index (χ2n) is 11.8. The minimum atomic E-state index is -0.365. The van der Waals surface area contributed by atoms with Crippen LogP contribution in [0, 0.1) is 19.8 Å². The number of rotatable bonds is 7. The number of likely N-dealkylation sites (tertiary alicyclic amines) is 1. The molecule has 1 N–H and O–H groups in total. The van der Waals surface area contributed by atoms with Crippen LogP contribution >= 0.6 is 11.8 Å². The number of piperidine rings is 1. The number of carbonyl (C=O) groups excluding carboxylic acids is 3. The number of anilines is 1. The molecule has 3 aliphatic rings. The Morgan fingerprint density at radius 1 is 1.02 bits per heavy atom. The maximum Gasteiger partial charge on any atom is 0.322 e. The molecule has 0 saturated carbocycles. The van der Waals surface area contributed by atoms with Crippen LogP contribution in [0.5, 0.6) is 0 Å². The summed E-state index contributed by atoms with van der Waals surface area (Å²) in [6.07, 6.45) is 3.51. The summed E-state index contributed by atoms with van der Waals surface area (Å²) in [6, 6.07) is 14.3. The quantitative estimate of drug-likeness (QED) is 0.447. The van der Waals surface area contributed by atoms with Crippen molar-refractivity contribution in [2.24, 2.45) is 5.92 Å². The van der Waals surface area contributed by atoms with Gasteiger partial charge >= 0.3 is 6.03 Å². The molecule has 2 atom stereocenters. The van der Waals surface area contributed by atoms with Crippen molar-refractivity contribution in [3.8, 4) is 0 Å². The summed E-state index contributed by atoms with van der Waals surface area (Å²) in [5.74, 6) is 0.629. The minimum absolute atomic E-state index is 0. The minimum Gasteiger partial charge on any atom is -0.342 e. The molecule has 5 rings (SSSR count). The molecule has 8 heteroatoms. The van der Waals surface area contributed by atoms with Crippen LogP contribution < -0.4 is 5.32 Å². The summed E-state index contributed by atoms with van der Waals surface area (Å²) in [6.45, 7) is 11.2. The topological polar surface area (TPSA) is 73.0 Å². The number of urea groups is 1. The molecular weight excluding hydrogens is 520 g/mol. The van der Waals surface area contributed by atoms with Gasteiger partial charge in [-0.25, -0.2) is 4.79 Å². The number of nitrogens with zero attached hydrogens (tertiary/aromatic N) is 3. The van der Waals surface area contributed by atoms with E-state index in [-0.39, 0.29) is 42.4 Å². The van der Waals surface area contributed by atoms with Crippen LogP contribution in [-0.4, -0.2) is 70.0 Å². The van der Waals surface area contributed by atoms with Gasteiger partial charge in [0.25, 0.3) is 0 Å². The lowest BCUT2D eigenvalue weighted by atomic mass is 10.0. The van der Waals surface area contributed by atoms with Crippen LogP contribution in [-0.2, 0) is 16.0 Å². The number of carbonyl (C=O) groups is 3. The van der Waals surface area contributed by atoms with Crippen LogP contribution in [0.3, 0.4) is 0 Å². The van der Waals surface area contributed by atoms with E-state index in [2.05, 4.69) is 57.3 Å². The average Bonchev–Trinajstić information content (AvgIpc) is 3.11. The number of hydrogen-bond donors (Lipinski definition) is 1. The lowest BCUT2D eigenvalue weighted by Crippen LogP contribution is -2.50. The predicted octanol–water partition coefficient (Wildman–Crippen LogP) is 6.01. The number of thioether (sulfide) groups is 1. The molecule has 0 aliphatic carbocycles. The summed E-state index contributed by atoms with van der Waals surface area (Å²) >= 11 is 1.64. The number of para-hydroxylation sites is 1. The number of fused-ring (bicyclic) bond motifs is 1. The molecule has 0 bridgehead atoms. The molecule has 3 heterocycles. The summed E-state index contributed by atoms with van der Waals surface area (Å²) in [5.41, 5.74) is 5.64. The number of amides is 4. The highest BCUT2D eigenvalue weighted by Crippen LogP contribution is 2.46. The molecule has 2 saturated heterocycles. The van der Waals surface area contributed by atoms with E-state index in [1.54, 1.807) is 11.8 Å². The molecule has 0 spiro atoms. The number of aryl methyl sites for hydroxylation is 2. The van der Waals surface area contributed by atoms with Crippen LogP contribution in [0.4, 0.5) is 10.5 Å². The smallest absolute Gasteiger partial charge is 0.322 e. The predicted molar refractivity (Wildman–Crippen MR) is 163 cm³/mol. The molecule has 7 nitrogen and oxygen atoms in total. The van der Waals surface area contributed by atoms with Crippen molar-refractivity contribution in [2.45, 2.75) is 76.5 Å². The van der Waals surface area contributed by atoms with Crippen molar-refractivity contribution in [1.29, 1.82) is 0 Å². The molecular formula is C32H44N4O3S. The van der Waals surface area contributed by atoms with Crippen molar-refractivity contribution in [3.05, 3.63) is 64.7 Å². The Bertz CT molecular complexity index is 1240. The Balaban J connectivity index is 0.00000387. The standard InChI is InChI=1S/C32H42N4O3S.H2/c1-21(2)12-18-36-30(38)27(40-31(36)29-22(3)8-7-9-23(29)4)20-28(37)34-16-14-25(15-17-34)35-19-13-24-10-5-6-11-26(24)33-32(35)39;/h5-11,21,25,27,31H,12-20H2,1-4H3,(H,33,39);1H. The number of hydrogen-bond acceptors (Lipinski definition) is 4. The Labute approximate surface area is 244 Å². The number of nitrogens with one attached hydrogen (secondary N) is 1. The largest absolute Gasteiger partial charge is 0.342 e. The van der Waals surface area contributed by atoms with Crippen molar-refractivity contribution >= 4 is 35.3 Å². The molecule has 4 amide bonds. The van der Waals surface area contributed by atoms with E-state index in [4.69, 9.17) is 0 Å². The van der Waals surface area contributed by atoms with Gasteiger partial charge < -0.3 is 20.0 Å². The first-order valence-electron chi connectivity index (χ1n) is 14.7. The first-order valence-corrected chi connectivity index (χ1v) is 15.6. The van der Waals surface area contributed by atoms with Crippen molar-refractivity contribution in [2.75, 3.05) is 31.5 Å². The molecule has 2 aromatic carbocycles. The molecule has 2 aromatic rings. The van der Waals surface area contributed by atoms with Crippen molar-refractivity contribution in [1.82, 2.24) is 14.7 Å². The Kier molecular flexibility index (Phi) is 8.74. The lowest BCUT2D eigenvalue weighted by molar-refractivity contribution is -0.136. The molecule has 40 heavy (non-hydrogen) atoms. The second-order valence-corrected chi connectivity index (χ2v) is 13.1. The zero-order valence-electron chi connectivity index (χ0n) is 24.2. The Morgan fingerprint density at radius 2 is 1.73 bits per heavy atom. The van der Waals surface area contributed by atoms with Gasteiger partial charge in [-0.05, 0) is 73.8 Å². The van der Waals surface area contributed by atoms with E-state index in [1.807, 2.05) is 32.9 Å². The highest BCUT2D eigenvalue weighted by molar-refractivity contribution is 8.01. The second kappa shape index (κ2) is 12.2. The van der Waals surface area contributed by atoms with Crippen molar-refractivity contribution < 1.29 is 15.8 Å². The zero-order chi connectivity index (χ0) is 28.4. The third-order valence-corrected chi connectivity index (χ3v) is 10.1.